The van der Waals surface area contributed by atoms with Crippen molar-refractivity contribution in [3.8, 4) is 0 Å². The molecule has 0 aliphatic rings. The molecule has 0 heterocycles. The molecule has 0 fully saturated rings. The third-order valence-corrected chi connectivity index (χ3v) is 1.19. The van der Waals surface area contributed by atoms with Gasteiger partial charge < -0.3 is 15.5 Å². The minimum atomic E-state index is -1.26. The summed E-state index contributed by atoms with van der Waals surface area (Å²) in [6.45, 7) is 1.46. The third-order valence-electron chi connectivity index (χ3n) is 1.19. The maximum Gasteiger partial charge on any atom is 0.160 e. The molecule has 0 bridgehead atoms. The van der Waals surface area contributed by atoms with E-state index in [1.54, 1.807) is 7.05 Å². The van der Waals surface area contributed by atoms with Crippen LogP contribution >= 0.6 is 0 Å². The summed E-state index contributed by atoms with van der Waals surface area (Å²) in [5.41, 5.74) is 0. The molecule has 1 unspecified atom stereocenters. The van der Waals surface area contributed by atoms with Gasteiger partial charge in [0.1, 0.15) is 6.10 Å². The van der Waals surface area contributed by atoms with E-state index in [-0.39, 0.29) is 6.54 Å². The highest BCUT2D eigenvalue weighted by atomic mass is 16.3. The highest BCUT2D eigenvalue weighted by Gasteiger charge is 2.18. The van der Waals surface area contributed by atoms with Crippen LogP contribution in [-0.4, -0.2) is 41.8 Å². The Hall–Kier alpha value is -0.450. The monoisotopic (exact) mass is 147 g/mol. The maximum atomic E-state index is 10.4. The Labute approximate surface area is 59.9 Å². The fourth-order valence-corrected chi connectivity index (χ4v) is 0.592. The molecular weight excluding hydrogens is 134 g/mol. The summed E-state index contributed by atoms with van der Waals surface area (Å²) in [5, 5.41) is 20.5. The quantitative estimate of drug-likeness (QED) is 0.453. The molecule has 0 rings (SSSR count). The number of Topliss-reactive ketones (excluding diaryl/α,β-unsaturated/α-hetero) is 1. The molecule has 0 saturated carbocycles. The van der Waals surface area contributed by atoms with Crippen molar-refractivity contribution in [1.82, 2.24) is 5.32 Å². The van der Waals surface area contributed by atoms with Gasteiger partial charge in [0.15, 0.2) is 5.78 Å². The Morgan fingerprint density at radius 3 is 2.40 bits per heavy atom. The van der Waals surface area contributed by atoms with Crippen LogP contribution in [-0.2, 0) is 4.79 Å². The molecule has 0 aliphatic carbocycles. The fourth-order valence-electron chi connectivity index (χ4n) is 0.592. The first-order chi connectivity index (χ1) is 4.59. The Kier molecular flexibility index (Phi) is 4.18. The summed E-state index contributed by atoms with van der Waals surface area (Å²) in [7, 11) is 1.63. The van der Waals surface area contributed by atoms with E-state index >= 15 is 0 Å². The van der Waals surface area contributed by atoms with Gasteiger partial charge in [0.2, 0.25) is 0 Å². The van der Waals surface area contributed by atoms with Gasteiger partial charge in [-0.05, 0) is 14.0 Å². The molecular formula is C6H13NO3. The minimum absolute atomic E-state index is 0.223. The second kappa shape index (κ2) is 4.38. The van der Waals surface area contributed by atoms with E-state index in [0.29, 0.717) is 0 Å². The zero-order valence-corrected chi connectivity index (χ0v) is 6.16. The highest BCUT2D eigenvalue weighted by Crippen LogP contribution is 1.92. The van der Waals surface area contributed by atoms with E-state index in [0.717, 1.165) is 0 Å². The van der Waals surface area contributed by atoms with Gasteiger partial charge in [0.05, 0.1) is 6.10 Å². The lowest BCUT2D eigenvalue weighted by Crippen LogP contribution is -2.38. The van der Waals surface area contributed by atoms with E-state index < -0.39 is 18.0 Å². The van der Waals surface area contributed by atoms with Crippen LogP contribution in [0.1, 0.15) is 6.92 Å². The number of hydrogen-bond acceptors (Lipinski definition) is 4. The fraction of sp³-hybridized carbons (Fsp3) is 0.833. The van der Waals surface area contributed by atoms with Gasteiger partial charge in [0.25, 0.3) is 0 Å². The average molecular weight is 147 g/mol. The highest BCUT2D eigenvalue weighted by molar-refractivity contribution is 5.80. The smallest absolute Gasteiger partial charge is 0.160 e. The number of likely N-dealkylation sites (N-methyl/N-ethyl adjacent to an activating group) is 1. The largest absolute Gasteiger partial charge is 0.389 e. The topological polar surface area (TPSA) is 69.6 Å². The van der Waals surface area contributed by atoms with Crippen molar-refractivity contribution in [2.45, 2.75) is 19.1 Å². The molecule has 0 saturated heterocycles. The maximum absolute atomic E-state index is 10.4. The van der Waals surface area contributed by atoms with Crippen molar-refractivity contribution in [2.75, 3.05) is 13.6 Å². The lowest BCUT2D eigenvalue weighted by Gasteiger charge is -2.13. The van der Waals surface area contributed by atoms with E-state index in [9.17, 15) is 4.79 Å². The van der Waals surface area contributed by atoms with Crippen molar-refractivity contribution in [3.63, 3.8) is 0 Å². The van der Waals surface area contributed by atoms with Crippen LogP contribution in [0.5, 0.6) is 0 Å². The number of aliphatic hydroxyl groups excluding tert-OH is 2. The minimum Gasteiger partial charge on any atom is -0.389 e. The summed E-state index contributed by atoms with van der Waals surface area (Å²) < 4.78 is 0. The first-order valence-corrected chi connectivity index (χ1v) is 3.10. The van der Waals surface area contributed by atoms with Crippen molar-refractivity contribution in [2.24, 2.45) is 0 Å². The van der Waals surface area contributed by atoms with Gasteiger partial charge in [-0.15, -0.1) is 0 Å². The molecule has 0 aliphatic heterocycles. The van der Waals surface area contributed by atoms with E-state index in [4.69, 9.17) is 10.2 Å². The summed E-state index contributed by atoms with van der Waals surface area (Å²) in [4.78, 5) is 10.4. The molecule has 0 spiro atoms. The molecule has 10 heavy (non-hydrogen) atoms. The van der Waals surface area contributed by atoms with Crippen LogP contribution in [0.15, 0.2) is 0 Å². The normalized spacial score (nSPS) is 16.4. The number of ketones is 1. The predicted octanol–water partition coefficient (Wildman–Crippen LogP) is -1.48. The van der Waals surface area contributed by atoms with Gasteiger partial charge in [-0.25, -0.2) is 0 Å². The molecule has 0 aromatic heterocycles. The van der Waals surface area contributed by atoms with Gasteiger partial charge >= 0.3 is 0 Å². The van der Waals surface area contributed by atoms with Crippen LogP contribution < -0.4 is 5.32 Å². The van der Waals surface area contributed by atoms with Crippen molar-refractivity contribution in [1.29, 1.82) is 0 Å². The molecule has 3 N–H and O–H groups in total. The van der Waals surface area contributed by atoms with Crippen molar-refractivity contribution < 1.29 is 15.0 Å². The zero-order chi connectivity index (χ0) is 8.15. The van der Waals surface area contributed by atoms with Gasteiger partial charge in [-0.3, -0.25) is 4.79 Å². The molecule has 0 aromatic carbocycles. The second-order valence-electron chi connectivity index (χ2n) is 2.18. The molecule has 0 aromatic rings. The SMILES string of the molecule is CNCC(O)[C@H](O)C(C)=O. The molecule has 0 amide bonds. The van der Waals surface area contributed by atoms with E-state index in [1.807, 2.05) is 0 Å². The molecule has 4 nitrogen and oxygen atoms in total. The number of carbonyl (C=O) groups excluding carboxylic acids is 1. The van der Waals surface area contributed by atoms with Gasteiger partial charge in [0, 0.05) is 6.54 Å². The zero-order valence-electron chi connectivity index (χ0n) is 6.16. The summed E-state index contributed by atoms with van der Waals surface area (Å²) >= 11 is 0. The van der Waals surface area contributed by atoms with Crippen molar-refractivity contribution >= 4 is 5.78 Å². The van der Waals surface area contributed by atoms with Crippen LogP contribution in [0.4, 0.5) is 0 Å². The van der Waals surface area contributed by atoms with Crippen LogP contribution in [0, 0.1) is 0 Å². The van der Waals surface area contributed by atoms with Gasteiger partial charge in [-0.2, -0.15) is 0 Å². The van der Waals surface area contributed by atoms with E-state index in [2.05, 4.69) is 5.32 Å². The standard InChI is InChI=1S/C6H13NO3/c1-4(8)6(10)5(9)3-7-2/h5-7,9-10H,3H2,1-2H3/t5?,6-/m1/s1. The Balaban J connectivity index is 3.69. The number of rotatable bonds is 4. The summed E-state index contributed by atoms with van der Waals surface area (Å²) in [6.07, 6.45) is -2.25. The number of hydrogen-bond donors (Lipinski definition) is 3. The average Bonchev–Trinajstić information content (AvgIpc) is 1.87. The third kappa shape index (κ3) is 2.91. The van der Waals surface area contributed by atoms with Crippen molar-refractivity contribution in [3.05, 3.63) is 0 Å². The summed E-state index contributed by atoms with van der Waals surface area (Å²) in [6, 6.07) is 0. The Bertz CT molecular complexity index is 116. The molecule has 60 valence electrons. The number of aliphatic hydroxyl groups is 2. The first-order valence-electron chi connectivity index (χ1n) is 3.10. The first kappa shape index (κ1) is 9.55. The van der Waals surface area contributed by atoms with Crippen LogP contribution in [0.25, 0.3) is 0 Å². The number of carbonyl (C=O) groups is 1. The van der Waals surface area contributed by atoms with Gasteiger partial charge in [-0.1, -0.05) is 0 Å². The van der Waals surface area contributed by atoms with Crippen LogP contribution in [0.2, 0.25) is 0 Å². The lowest BCUT2D eigenvalue weighted by molar-refractivity contribution is -0.130. The molecule has 4 heteroatoms. The predicted molar refractivity (Wildman–Crippen MR) is 36.6 cm³/mol. The Morgan fingerprint density at radius 2 is 2.10 bits per heavy atom. The van der Waals surface area contributed by atoms with Crippen LogP contribution in [0.3, 0.4) is 0 Å². The Morgan fingerprint density at radius 1 is 1.60 bits per heavy atom. The molecule has 0 radical (unpaired) electrons. The number of nitrogens with one attached hydrogen (secondary N) is 1. The summed E-state index contributed by atoms with van der Waals surface area (Å²) in [5.74, 6) is -0.414. The van der Waals surface area contributed by atoms with E-state index in [1.165, 1.54) is 6.92 Å². The lowest BCUT2D eigenvalue weighted by atomic mass is 10.1. The second-order valence-corrected chi connectivity index (χ2v) is 2.18. The molecule has 2 atom stereocenters.